The summed E-state index contributed by atoms with van der Waals surface area (Å²) in [5.41, 5.74) is 2.50. The number of hydrogen-bond acceptors (Lipinski definition) is 5. The molecule has 1 aromatic heterocycles. The van der Waals surface area contributed by atoms with E-state index >= 15 is 0 Å². The molecule has 3 aromatic rings. The van der Waals surface area contributed by atoms with Crippen molar-refractivity contribution >= 4 is 43.5 Å². The van der Waals surface area contributed by atoms with Gasteiger partial charge in [-0.15, -0.1) is 0 Å². The van der Waals surface area contributed by atoms with Gasteiger partial charge in [0.2, 0.25) is 5.91 Å². The lowest BCUT2D eigenvalue weighted by molar-refractivity contribution is -0.116. The van der Waals surface area contributed by atoms with Crippen LogP contribution in [-0.2, 0) is 17.9 Å². The molecular weight excluding hydrogens is 494 g/mol. The maximum absolute atomic E-state index is 12.3. The largest absolute Gasteiger partial charge is 0.485 e. The zero-order valence-electron chi connectivity index (χ0n) is 15.2. The van der Waals surface area contributed by atoms with Crippen LogP contribution in [0.15, 0.2) is 54.7 Å². The first-order chi connectivity index (χ1) is 13.3. The number of nitrogens with zero attached hydrogens (tertiary/aromatic N) is 2. The van der Waals surface area contributed by atoms with Crippen LogP contribution in [0.3, 0.4) is 0 Å². The molecule has 0 bridgehead atoms. The Hall–Kier alpha value is -2.39. The molecule has 2 aromatic carbocycles. The highest BCUT2D eigenvalue weighted by molar-refractivity contribution is 9.10. The van der Waals surface area contributed by atoms with Crippen LogP contribution in [0.2, 0.25) is 0 Å². The molecule has 0 unspecified atom stereocenters. The molecule has 0 radical (unpaired) electrons. The fourth-order valence-electron chi connectivity index (χ4n) is 2.73. The molecule has 0 aliphatic carbocycles. The van der Waals surface area contributed by atoms with Gasteiger partial charge in [-0.2, -0.15) is 0 Å². The third-order valence-electron chi connectivity index (χ3n) is 3.94. The van der Waals surface area contributed by atoms with Gasteiger partial charge in [-0.3, -0.25) is 9.32 Å². The van der Waals surface area contributed by atoms with Gasteiger partial charge in [0.1, 0.15) is 18.9 Å². The Morgan fingerprint density at radius 2 is 1.89 bits per heavy atom. The van der Waals surface area contributed by atoms with Crippen LogP contribution in [0.4, 0.5) is 5.69 Å². The molecule has 0 spiro atoms. The molecule has 0 aliphatic rings. The van der Waals surface area contributed by atoms with E-state index in [1.807, 2.05) is 32.0 Å². The molecule has 1 N–H and O–H groups in total. The zero-order chi connectivity index (χ0) is 20.3. The molecule has 0 fully saturated rings. The quantitative estimate of drug-likeness (QED) is 0.537. The number of anilines is 1. The van der Waals surface area contributed by atoms with E-state index in [9.17, 15) is 9.59 Å². The fraction of sp³-hybridized carbons (Fsp3) is 0.211. The zero-order valence-corrected chi connectivity index (χ0v) is 18.3. The van der Waals surface area contributed by atoms with Crippen LogP contribution in [0, 0.1) is 13.8 Å². The van der Waals surface area contributed by atoms with Gasteiger partial charge in [-0.1, -0.05) is 43.1 Å². The number of amides is 1. The molecule has 1 amide bonds. The molecule has 0 atom stereocenters. The van der Waals surface area contributed by atoms with Gasteiger partial charge in [0.05, 0.1) is 0 Å². The second kappa shape index (κ2) is 8.74. The third kappa shape index (κ3) is 4.90. The summed E-state index contributed by atoms with van der Waals surface area (Å²) in [5, 5.41) is 6.47. The van der Waals surface area contributed by atoms with Crippen LogP contribution < -0.4 is 15.8 Å². The number of hydrogen-bond donors (Lipinski definition) is 1. The highest BCUT2D eigenvalue weighted by Crippen LogP contribution is 2.27. The highest BCUT2D eigenvalue weighted by Gasteiger charge is 2.16. The minimum absolute atomic E-state index is 0.000776. The van der Waals surface area contributed by atoms with E-state index in [4.69, 9.17) is 9.26 Å². The number of benzene rings is 2. The van der Waals surface area contributed by atoms with E-state index in [1.54, 1.807) is 18.2 Å². The summed E-state index contributed by atoms with van der Waals surface area (Å²) in [5.74, 6) is -0.159. The normalized spacial score (nSPS) is 10.7. The molecule has 9 heteroatoms. The highest BCUT2D eigenvalue weighted by atomic mass is 79.9. The van der Waals surface area contributed by atoms with Crippen molar-refractivity contribution in [2.45, 2.75) is 27.0 Å². The lowest BCUT2D eigenvalue weighted by Crippen LogP contribution is -2.27. The van der Waals surface area contributed by atoms with Crippen LogP contribution in [0.25, 0.3) is 0 Å². The smallest absolute Gasteiger partial charge is 0.442 e. The summed E-state index contributed by atoms with van der Waals surface area (Å²) in [4.78, 5) is 24.3. The Morgan fingerprint density at radius 1 is 1.18 bits per heavy atom. The van der Waals surface area contributed by atoms with Gasteiger partial charge in [0, 0.05) is 14.6 Å². The SMILES string of the molecule is Cc1cc(Br)cc(C)c1OCc1noc(=O)n1CC(=O)Nc1cccc(Br)c1. The van der Waals surface area contributed by atoms with Crippen molar-refractivity contribution in [3.05, 3.63) is 72.8 Å². The Morgan fingerprint density at radius 3 is 2.57 bits per heavy atom. The Labute approximate surface area is 177 Å². The number of aromatic nitrogens is 2. The molecule has 1 heterocycles. The van der Waals surface area contributed by atoms with E-state index < -0.39 is 5.76 Å². The first-order valence-electron chi connectivity index (χ1n) is 8.34. The number of ether oxygens (including phenoxy) is 1. The van der Waals surface area contributed by atoms with E-state index in [0.29, 0.717) is 11.4 Å². The van der Waals surface area contributed by atoms with Crippen LogP contribution >= 0.6 is 31.9 Å². The molecule has 28 heavy (non-hydrogen) atoms. The molecule has 0 saturated heterocycles. The number of halogens is 2. The number of nitrogens with one attached hydrogen (secondary N) is 1. The first kappa shape index (κ1) is 20.3. The molecule has 3 rings (SSSR count). The maximum atomic E-state index is 12.3. The van der Waals surface area contributed by atoms with Gasteiger partial charge >= 0.3 is 5.76 Å². The minimum Gasteiger partial charge on any atom is -0.485 e. The Balaban J connectivity index is 1.72. The second-order valence-corrected chi connectivity index (χ2v) is 8.00. The van der Waals surface area contributed by atoms with E-state index in [-0.39, 0.29) is 24.9 Å². The lowest BCUT2D eigenvalue weighted by atomic mass is 10.1. The predicted molar refractivity (Wildman–Crippen MR) is 111 cm³/mol. The lowest BCUT2D eigenvalue weighted by Gasteiger charge is -2.12. The van der Waals surface area contributed by atoms with Crippen molar-refractivity contribution in [2.75, 3.05) is 5.32 Å². The van der Waals surface area contributed by atoms with E-state index in [2.05, 4.69) is 42.3 Å². The van der Waals surface area contributed by atoms with Gasteiger partial charge < -0.3 is 10.1 Å². The van der Waals surface area contributed by atoms with Crippen LogP contribution in [0.1, 0.15) is 17.0 Å². The van der Waals surface area contributed by atoms with E-state index in [0.717, 1.165) is 24.6 Å². The van der Waals surface area contributed by atoms with Crippen molar-refractivity contribution in [1.29, 1.82) is 0 Å². The van der Waals surface area contributed by atoms with Crippen molar-refractivity contribution in [2.24, 2.45) is 0 Å². The monoisotopic (exact) mass is 509 g/mol. The first-order valence-corrected chi connectivity index (χ1v) is 9.92. The molecule has 146 valence electrons. The minimum atomic E-state index is -0.716. The summed E-state index contributed by atoms with van der Waals surface area (Å²) in [6.07, 6.45) is 0. The number of aryl methyl sites for hydroxylation is 2. The summed E-state index contributed by atoms with van der Waals surface area (Å²) in [7, 11) is 0. The summed E-state index contributed by atoms with van der Waals surface area (Å²) < 4.78 is 13.5. The fourth-order valence-corrected chi connectivity index (χ4v) is 3.81. The van der Waals surface area contributed by atoms with Gasteiger partial charge in [-0.25, -0.2) is 9.36 Å². The number of carbonyl (C=O) groups excluding carboxylic acids is 1. The third-order valence-corrected chi connectivity index (χ3v) is 4.89. The number of rotatable bonds is 6. The van der Waals surface area contributed by atoms with Crippen molar-refractivity contribution in [3.8, 4) is 5.75 Å². The second-order valence-electron chi connectivity index (χ2n) is 6.17. The van der Waals surface area contributed by atoms with Gasteiger partial charge in [0.25, 0.3) is 0 Å². The topological polar surface area (TPSA) is 86.4 Å². The van der Waals surface area contributed by atoms with Crippen molar-refractivity contribution in [1.82, 2.24) is 9.72 Å². The summed E-state index contributed by atoms with van der Waals surface area (Å²) >= 11 is 6.78. The Bertz CT molecular complexity index is 1050. The summed E-state index contributed by atoms with van der Waals surface area (Å²) in [6, 6.07) is 11.0. The predicted octanol–water partition coefficient (Wildman–Crippen LogP) is 4.20. The van der Waals surface area contributed by atoms with Gasteiger partial charge in [0.15, 0.2) is 5.82 Å². The van der Waals surface area contributed by atoms with E-state index in [1.165, 1.54) is 0 Å². The molecule has 7 nitrogen and oxygen atoms in total. The standard InChI is InChI=1S/C19H17Br2N3O4/c1-11-6-14(21)7-12(2)18(11)27-10-16-23-28-19(26)24(16)9-17(25)22-15-5-3-4-13(20)8-15/h3-8H,9-10H2,1-2H3,(H,22,25). The Kier molecular flexibility index (Phi) is 6.35. The molecule has 0 aliphatic heterocycles. The van der Waals surface area contributed by atoms with Crippen molar-refractivity contribution in [3.63, 3.8) is 0 Å². The molecule has 0 saturated carbocycles. The summed E-state index contributed by atoms with van der Waals surface area (Å²) in [6.45, 7) is 3.62. The average Bonchev–Trinajstić information content (AvgIpc) is 2.94. The number of carbonyl (C=O) groups is 1. The maximum Gasteiger partial charge on any atom is 0.442 e. The van der Waals surface area contributed by atoms with Crippen LogP contribution in [-0.4, -0.2) is 15.6 Å². The average molecular weight is 511 g/mol. The van der Waals surface area contributed by atoms with Crippen molar-refractivity contribution < 1.29 is 14.1 Å². The van der Waals surface area contributed by atoms with Gasteiger partial charge in [-0.05, 0) is 55.3 Å². The van der Waals surface area contributed by atoms with Crippen LogP contribution in [0.5, 0.6) is 5.75 Å². The molecular formula is C19H17Br2N3O4.